The lowest BCUT2D eigenvalue weighted by atomic mass is 10.3. The van der Waals surface area contributed by atoms with Crippen molar-refractivity contribution in [3.8, 4) is 11.5 Å². The predicted octanol–water partition coefficient (Wildman–Crippen LogP) is 3.21. The summed E-state index contributed by atoms with van der Waals surface area (Å²) in [6.45, 7) is 1.25. The molecule has 19 heavy (non-hydrogen) atoms. The van der Waals surface area contributed by atoms with Gasteiger partial charge in [-0.3, -0.25) is 0 Å². The highest BCUT2D eigenvalue weighted by Crippen LogP contribution is 2.29. The van der Waals surface area contributed by atoms with Crippen molar-refractivity contribution in [2.24, 2.45) is 0 Å². The van der Waals surface area contributed by atoms with Gasteiger partial charge in [0.05, 0.1) is 17.3 Å². The van der Waals surface area contributed by atoms with Crippen molar-refractivity contribution in [3.05, 3.63) is 38.8 Å². The van der Waals surface area contributed by atoms with Crippen LogP contribution >= 0.6 is 27.3 Å². The minimum atomic E-state index is 0.463. The van der Waals surface area contributed by atoms with Crippen LogP contribution in [0.2, 0.25) is 0 Å². The van der Waals surface area contributed by atoms with E-state index in [9.17, 15) is 0 Å². The molecule has 0 atom stereocenters. The van der Waals surface area contributed by atoms with Gasteiger partial charge >= 0.3 is 0 Å². The Morgan fingerprint density at radius 3 is 2.95 bits per heavy atom. The van der Waals surface area contributed by atoms with E-state index in [1.165, 1.54) is 0 Å². The number of methoxy groups -OCH3 is 1. The Kier molecular flexibility index (Phi) is 5.18. The summed E-state index contributed by atoms with van der Waals surface area (Å²) in [4.78, 5) is 4.47. The maximum Gasteiger partial charge on any atom is 0.134 e. The van der Waals surface area contributed by atoms with E-state index in [4.69, 9.17) is 9.47 Å². The summed E-state index contributed by atoms with van der Waals surface area (Å²) >= 11 is 5.09. The summed E-state index contributed by atoms with van der Waals surface area (Å²) in [7, 11) is 3.55. The molecular formula is C13H15BrN2O2S. The summed E-state index contributed by atoms with van der Waals surface area (Å²) < 4.78 is 11.7. The van der Waals surface area contributed by atoms with Gasteiger partial charge in [0, 0.05) is 11.9 Å². The molecule has 0 amide bonds. The van der Waals surface area contributed by atoms with Gasteiger partial charge in [-0.1, -0.05) is 0 Å². The molecule has 0 saturated heterocycles. The lowest BCUT2D eigenvalue weighted by Crippen LogP contribution is -2.05. The third-order valence-electron chi connectivity index (χ3n) is 2.44. The van der Waals surface area contributed by atoms with Gasteiger partial charge in [-0.2, -0.15) is 0 Å². The maximum atomic E-state index is 5.74. The van der Waals surface area contributed by atoms with Crippen molar-refractivity contribution in [1.29, 1.82) is 0 Å². The average molecular weight is 343 g/mol. The first kappa shape index (κ1) is 14.3. The lowest BCUT2D eigenvalue weighted by Gasteiger charge is -2.08. The van der Waals surface area contributed by atoms with Gasteiger partial charge in [0.25, 0.3) is 0 Å². The average Bonchev–Trinajstić information content (AvgIpc) is 2.85. The van der Waals surface area contributed by atoms with Crippen LogP contribution in [0.25, 0.3) is 0 Å². The number of hydrogen-bond donors (Lipinski definition) is 1. The van der Waals surface area contributed by atoms with Crippen LogP contribution in [-0.2, 0) is 13.2 Å². The minimum absolute atomic E-state index is 0.463. The number of halogens is 1. The van der Waals surface area contributed by atoms with Crippen LogP contribution in [0.3, 0.4) is 0 Å². The Balaban J connectivity index is 1.97. The molecule has 0 aliphatic heterocycles. The second kappa shape index (κ2) is 6.88. The maximum absolute atomic E-state index is 5.74. The van der Waals surface area contributed by atoms with Crippen LogP contribution < -0.4 is 14.8 Å². The third kappa shape index (κ3) is 3.92. The zero-order valence-electron chi connectivity index (χ0n) is 10.8. The summed E-state index contributed by atoms with van der Waals surface area (Å²) in [6, 6.07) is 5.63. The van der Waals surface area contributed by atoms with Gasteiger partial charge in [-0.25, -0.2) is 4.98 Å². The number of aromatic nitrogens is 1. The van der Waals surface area contributed by atoms with E-state index in [1.807, 2.05) is 30.6 Å². The molecule has 1 heterocycles. The highest BCUT2D eigenvalue weighted by atomic mass is 79.9. The fourth-order valence-electron chi connectivity index (χ4n) is 1.52. The Bertz CT molecular complexity index is 545. The normalized spacial score (nSPS) is 10.5. The lowest BCUT2D eigenvalue weighted by molar-refractivity contribution is 0.299. The molecule has 0 spiro atoms. The van der Waals surface area contributed by atoms with Gasteiger partial charge in [-0.15, -0.1) is 11.3 Å². The topological polar surface area (TPSA) is 43.4 Å². The van der Waals surface area contributed by atoms with E-state index in [0.29, 0.717) is 6.61 Å². The number of benzene rings is 1. The van der Waals surface area contributed by atoms with Gasteiger partial charge in [0.15, 0.2) is 0 Å². The molecule has 1 aromatic heterocycles. The number of nitrogens with one attached hydrogen (secondary N) is 1. The molecule has 0 unspecified atom stereocenters. The number of nitrogens with zero attached hydrogens (tertiary/aromatic N) is 1. The number of hydrogen-bond acceptors (Lipinski definition) is 5. The molecule has 0 bridgehead atoms. The first-order valence-electron chi connectivity index (χ1n) is 5.77. The van der Waals surface area contributed by atoms with Crippen molar-refractivity contribution in [2.45, 2.75) is 13.2 Å². The van der Waals surface area contributed by atoms with Crippen molar-refractivity contribution >= 4 is 27.3 Å². The molecule has 1 aromatic carbocycles. The SMILES string of the molecule is CNCc1nc(COc2ccc(OC)cc2Br)cs1. The molecule has 0 saturated carbocycles. The van der Waals surface area contributed by atoms with E-state index < -0.39 is 0 Å². The second-order valence-corrected chi connectivity index (χ2v) is 5.64. The van der Waals surface area contributed by atoms with Crippen LogP contribution in [0.1, 0.15) is 10.7 Å². The highest BCUT2D eigenvalue weighted by molar-refractivity contribution is 9.10. The molecule has 0 aliphatic carbocycles. The van der Waals surface area contributed by atoms with E-state index >= 15 is 0 Å². The summed E-state index contributed by atoms with van der Waals surface area (Å²) in [5.74, 6) is 1.58. The van der Waals surface area contributed by atoms with Crippen LogP contribution in [0.5, 0.6) is 11.5 Å². The minimum Gasteiger partial charge on any atom is -0.497 e. The van der Waals surface area contributed by atoms with Crippen LogP contribution in [0, 0.1) is 0 Å². The molecule has 0 fully saturated rings. The Labute approximate surface area is 124 Å². The van der Waals surface area contributed by atoms with E-state index in [0.717, 1.165) is 33.2 Å². The van der Waals surface area contributed by atoms with Gasteiger partial charge in [-0.05, 0) is 41.2 Å². The monoisotopic (exact) mass is 342 g/mol. The number of ether oxygens (including phenoxy) is 2. The fraction of sp³-hybridized carbons (Fsp3) is 0.308. The quantitative estimate of drug-likeness (QED) is 0.875. The first-order chi connectivity index (χ1) is 9.22. The molecule has 6 heteroatoms. The Morgan fingerprint density at radius 2 is 2.26 bits per heavy atom. The van der Waals surface area contributed by atoms with Crippen molar-refractivity contribution in [3.63, 3.8) is 0 Å². The molecule has 0 aliphatic rings. The van der Waals surface area contributed by atoms with E-state index in [1.54, 1.807) is 18.4 Å². The molecule has 0 radical (unpaired) electrons. The largest absolute Gasteiger partial charge is 0.497 e. The van der Waals surface area contributed by atoms with Gasteiger partial charge < -0.3 is 14.8 Å². The molecule has 2 rings (SSSR count). The van der Waals surface area contributed by atoms with Crippen LogP contribution in [0.4, 0.5) is 0 Å². The summed E-state index contributed by atoms with van der Waals surface area (Å²) in [5, 5.41) is 6.16. The van der Waals surface area contributed by atoms with Crippen LogP contribution in [0.15, 0.2) is 28.1 Å². The molecular weight excluding hydrogens is 328 g/mol. The van der Waals surface area contributed by atoms with Crippen molar-refractivity contribution in [2.75, 3.05) is 14.2 Å². The fourth-order valence-corrected chi connectivity index (χ4v) is 2.79. The van der Waals surface area contributed by atoms with E-state index in [-0.39, 0.29) is 0 Å². The smallest absolute Gasteiger partial charge is 0.134 e. The summed E-state index contributed by atoms with van der Waals surface area (Å²) in [5.41, 5.74) is 0.943. The predicted molar refractivity (Wildman–Crippen MR) is 79.9 cm³/mol. The number of rotatable bonds is 6. The first-order valence-corrected chi connectivity index (χ1v) is 7.44. The number of thiazole rings is 1. The highest BCUT2D eigenvalue weighted by Gasteiger charge is 2.06. The summed E-state index contributed by atoms with van der Waals surface area (Å²) in [6.07, 6.45) is 0. The van der Waals surface area contributed by atoms with Crippen molar-refractivity contribution in [1.82, 2.24) is 10.3 Å². The Morgan fingerprint density at radius 1 is 1.42 bits per heavy atom. The second-order valence-electron chi connectivity index (χ2n) is 3.85. The van der Waals surface area contributed by atoms with E-state index in [2.05, 4.69) is 26.2 Å². The standard InChI is InChI=1S/C13H15BrN2O2S/c1-15-6-13-16-9(8-19-13)7-18-12-4-3-10(17-2)5-11(12)14/h3-5,8,15H,6-7H2,1-2H3. The molecule has 4 nitrogen and oxygen atoms in total. The molecule has 2 aromatic rings. The van der Waals surface area contributed by atoms with Crippen molar-refractivity contribution < 1.29 is 9.47 Å². The van der Waals surface area contributed by atoms with Gasteiger partial charge in [0.1, 0.15) is 23.1 Å². The molecule has 1 N–H and O–H groups in total. The zero-order valence-corrected chi connectivity index (χ0v) is 13.2. The zero-order chi connectivity index (χ0) is 13.7. The third-order valence-corrected chi connectivity index (χ3v) is 3.96. The van der Waals surface area contributed by atoms with Crippen LogP contribution in [-0.4, -0.2) is 19.1 Å². The molecule has 102 valence electrons. The van der Waals surface area contributed by atoms with Gasteiger partial charge in [0.2, 0.25) is 0 Å². The Hall–Kier alpha value is -1.11.